The molecule has 40 nitrogen and oxygen atoms in total. The normalized spacial score (nSPS) is 26.7. The Bertz CT molecular complexity index is 3410. The van der Waals surface area contributed by atoms with E-state index in [9.17, 15) is 124 Å². The van der Waals surface area contributed by atoms with Crippen LogP contribution in [0.25, 0.3) is 0 Å². The highest BCUT2D eigenvalue weighted by molar-refractivity contribution is 7.46. The summed E-state index contributed by atoms with van der Waals surface area (Å²) < 4.78 is 98.4. The van der Waals surface area contributed by atoms with E-state index in [0.717, 1.165) is 225 Å². The molecule has 4 rings (SSSR count). The van der Waals surface area contributed by atoms with Crippen LogP contribution in [0, 0.1) is 0 Å². The topological polar surface area (TPSA) is 632 Å². The lowest BCUT2D eigenvalue weighted by Gasteiger charge is -2.50. The van der Waals surface area contributed by atoms with E-state index in [1.807, 2.05) is 0 Å². The molecule has 0 aliphatic carbocycles. The van der Waals surface area contributed by atoms with Gasteiger partial charge in [-0.1, -0.05) is 311 Å². The highest BCUT2D eigenvalue weighted by atomic mass is 31.2. The average Bonchev–Trinajstić information content (AvgIpc) is 0.806. The number of phosphoric ester groups is 2. The fraction of sp³-hybridized carbons (Fsp3) is 0.927. The average molecular weight is 2030 g/mol. The highest BCUT2D eigenvalue weighted by Crippen LogP contribution is 2.47. The van der Waals surface area contributed by atoms with Gasteiger partial charge in [0.15, 0.2) is 24.8 Å². The number of carbonyl (C=O) groups excluding carboxylic acids is 5. The van der Waals surface area contributed by atoms with Crippen LogP contribution < -0.4 is 10.6 Å². The Morgan fingerprint density at radius 3 is 1.17 bits per heavy atom. The lowest BCUT2D eigenvalue weighted by molar-refractivity contribution is -0.378. The third kappa shape index (κ3) is 49.8. The summed E-state index contributed by atoms with van der Waals surface area (Å²) in [5, 5.41) is 151. The second-order valence-electron chi connectivity index (χ2n) is 38.3. The van der Waals surface area contributed by atoms with E-state index in [2.05, 4.69) is 45.3 Å². The zero-order valence-electron chi connectivity index (χ0n) is 82.7. The molecule has 4 fully saturated rings. The Morgan fingerprint density at radius 2 is 0.754 bits per heavy atom. The fourth-order valence-corrected chi connectivity index (χ4v) is 19.2. The molecule has 4 saturated heterocycles. The lowest BCUT2D eigenvalue weighted by atomic mass is 9.90. The summed E-state index contributed by atoms with van der Waals surface area (Å²) in [6.07, 6.45) is -8.18. The number of carboxylic acids is 2. The minimum Gasteiger partial charge on any atom is -0.477 e. The minimum absolute atomic E-state index is 0.0175. The number of hydrogen-bond donors (Lipinski definition) is 19. The molecule has 19 N–H and O–H groups in total. The SMILES string of the molecule is CCCCCCCCCCCC(=O)O[C@H](CCCCCCCCCCC)CC(=O)N[C@@H]1C(OC(=O)C[C@H](O)CCCCCCCCCCC)[C@H](OP(=O)(O)O)C(CO[C@]2(C(=O)O)C[C@@H](O[C@]3(C(=O)O)CC(O)[C@@H](O)C([C@H](O)CO)O3)[C@@H](O)C([C@H](O)CO)O2)O[C@@H]1OCC1O[C@H](OP(=O)(O)O)[C@H](NC(=O)C[C@H](O)CCCCCCCCCCC)C(OC(=O)C[C@H](O)CCCCCCCCCCC)[C@@H]1O. The van der Waals surface area contributed by atoms with Crippen molar-refractivity contribution in [1.29, 1.82) is 0 Å². The van der Waals surface area contributed by atoms with E-state index in [-0.39, 0.29) is 32.1 Å². The third-order valence-corrected chi connectivity index (χ3v) is 27.1. The number of aliphatic hydroxyl groups excluding tert-OH is 11. The molecule has 24 atom stereocenters. The highest BCUT2D eigenvalue weighted by Gasteiger charge is 2.63. The van der Waals surface area contributed by atoms with Gasteiger partial charge >= 0.3 is 45.5 Å². The Labute approximate surface area is 816 Å². The molecule has 138 heavy (non-hydrogen) atoms. The second-order valence-corrected chi connectivity index (χ2v) is 40.7. The molecule has 0 spiro atoms. The van der Waals surface area contributed by atoms with Gasteiger partial charge in [0.1, 0.15) is 79.2 Å². The van der Waals surface area contributed by atoms with Gasteiger partial charge < -0.3 is 144 Å². The number of hydrogen-bond acceptors (Lipinski definition) is 32. The number of carboxylic acid groups (broad SMARTS) is 2. The fourth-order valence-electron chi connectivity index (χ4n) is 18.1. The molecule has 4 heterocycles. The quantitative estimate of drug-likeness (QED) is 0.0116. The van der Waals surface area contributed by atoms with E-state index < -0.39 is 268 Å². The van der Waals surface area contributed by atoms with Gasteiger partial charge in [-0.05, 0) is 38.5 Å². The first-order valence-corrected chi connectivity index (χ1v) is 55.0. The van der Waals surface area contributed by atoms with Crippen molar-refractivity contribution in [1.82, 2.24) is 10.6 Å². The van der Waals surface area contributed by atoms with E-state index in [4.69, 9.17) is 56.4 Å². The molecule has 2 amide bonds. The molecule has 4 aliphatic heterocycles. The Kier molecular flexibility index (Phi) is 64.5. The molecule has 0 aromatic carbocycles. The van der Waals surface area contributed by atoms with Crippen LogP contribution in [0.2, 0.25) is 0 Å². The molecule has 0 saturated carbocycles. The number of unbranched alkanes of at least 4 members (excludes halogenated alkanes) is 40. The van der Waals surface area contributed by atoms with Crippen molar-refractivity contribution in [2.75, 3.05) is 26.4 Å². The van der Waals surface area contributed by atoms with Crippen molar-refractivity contribution in [3.8, 4) is 0 Å². The first-order chi connectivity index (χ1) is 65.8. The third-order valence-electron chi connectivity index (χ3n) is 26.1. The van der Waals surface area contributed by atoms with E-state index in [1.54, 1.807) is 0 Å². The van der Waals surface area contributed by atoms with Crippen molar-refractivity contribution in [2.45, 2.75) is 540 Å². The molecule has 42 heteroatoms. The minimum atomic E-state index is -6.15. The Hall–Kier alpha value is -4.21. The first-order valence-electron chi connectivity index (χ1n) is 51.9. The van der Waals surface area contributed by atoms with Crippen LogP contribution in [-0.4, -0.2) is 300 Å². The van der Waals surface area contributed by atoms with Gasteiger partial charge in [0, 0.05) is 19.3 Å². The van der Waals surface area contributed by atoms with Gasteiger partial charge in [0.05, 0.1) is 82.6 Å². The zero-order valence-corrected chi connectivity index (χ0v) is 84.5. The van der Waals surface area contributed by atoms with E-state index in [0.29, 0.717) is 64.2 Å². The maximum absolute atomic E-state index is 15.5. The van der Waals surface area contributed by atoms with Crippen molar-refractivity contribution in [3.63, 3.8) is 0 Å². The Morgan fingerprint density at radius 1 is 0.391 bits per heavy atom. The van der Waals surface area contributed by atoms with E-state index in [1.165, 1.54) is 0 Å². The molecular formula is C96H176N2O38P2. The van der Waals surface area contributed by atoms with Gasteiger partial charge in [0.25, 0.3) is 11.6 Å². The molecular weight excluding hydrogens is 1850 g/mol. The largest absolute Gasteiger partial charge is 0.477 e. The number of aliphatic hydroxyl groups is 11. The molecule has 0 aromatic rings. The van der Waals surface area contributed by atoms with Gasteiger partial charge in [0.2, 0.25) is 11.8 Å². The van der Waals surface area contributed by atoms with Gasteiger partial charge in [-0.2, -0.15) is 0 Å². The maximum Gasteiger partial charge on any atom is 0.472 e. The van der Waals surface area contributed by atoms with Crippen LogP contribution in [-0.2, 0) is 99.1 Å². The summed E-state index contributed by atoms with van der Waals surface area (Å²) in [5.41, 5.74) is 0. The van der Waals surface area contributed by atoms with Gasteiger partial charge in [-0.3, -0.25) is 33.0 Å². The van der Waals surface area contributed by atoms with Crippen LogP contribution >= 0.6 is 15.6 Å². The van der Waals surface area contributed by atoms with Crippen LogP contribution in [0.3, 0.4) is 0 Å². The van der Waals surface area contributed by atoms with Crippen molar-refractivity contribution >= 4 is 57.3 Å². The van der Waals surface area contributed by atoms with Gasteiger partial charge in [-0.15, -0.1) is 0 Å². The molecule has 808 valence electrons. The predicted octanol–water partition coefficient (Wildman–Crippen LogP) is 10.7. The summed E-state index contributed by atoms with van der Waals surface area (Å²) >= 11 is 0. The number of phosphoric acid groups is 2. The number of carbonyl (C=O) groups is 7. The van der Waals surface area contributed by atoms with Crippen LogP contribution in [0.15, 0.2) is 0 Å². The number of nitrogens with one attached hydrogen (secondary N) is 2. The lowest BCUT2D eigenvalue weighted by Crippen LogP contribution is -2.69. The van der Waals surface area contributed by atoms with Crippen LogP contribution in [0.5, 0.6) is 0 Å². The standard InChI is InChI=1S/C96H176N2O38P2/c1-6-11-16-21-26-31-36-41-46-51-66(101)56-76(107)97-81-89(130-79(110)57-67(102)52-47-42-37-32-27-22-17-12-7-2)85(114)74(128-92(81)136-138(122,123)124)64-125-91-82(98-77(108)59-69(54-49-44-39-34-29-24-19-14-9-4)127-78(109)55-50-45-40-35-30-25-20-15-10-5)90(131-80(111)58-68(103)53-48-43-38-33-28-23-18-13-8-3)88(135-137(119,120)121)75(129-91)65-126-95(93(115)116)61-73(84(113)87(133-95)72(106)63-100)132-96(94(117)118)60-70(104)83(112)86(134-96)71(105)62-99/h66-75,81-92,99-106,112-114H,6-65H2,1-5H3,(H,97,107)(H,98,108)(H,115,116)(H,117,118)(H2,119,120,121)(H2,122,123,124)/t66-,67-,68-,69-,70?,71-,72-,73-,74?,75?,81-,82-,83-,84-,85-,86?,87?,88-,89?,90?,91+,92-,95-,96-/m1/s1. The van der Waals surface area contributed by atoms with Crippen molar-refractivity contribution in [3.05, 3.63) is 0 Å². The van der Waals surface area contributed by atoms with Crippen molar-refractivity contribution < 1.29 is 185 Å². The summed E-state index contributed by atoms with van der Waals surface area (Å²) in [7, 11) is -12.0. The number of esters is 3. The molecule has 0 radical (unpaired) electrons. The van der Waals surface area contributed by atoms with Gasteiger partial charge in [-0.25, -0.2) is 18.7 Å². The summed E-state index contributed by atoms with van der Waals surface area (Å²) in [5.74, 6) is -16.7. The predicted molar refractivity (Wildman–Crippen MR) is 503 cm³/mol. The zero-order chi connectivity index (χ0) is 102. The van der Waals surface area contributed by atoms with E-state index >= 15 is 4.79 Å². The van der Waals surface area contributed by atoms with Crippen molar-refractivity contribution in [2.24, 2.45) is 0 Å². The number of aliphatic carboxylic acids is 2. The summed E-state index contributed by atoms with van der Waals surface area (Å²) in [4.78, 5) is 144. The summed E-state index contributed by atoms with van der Waals surface area (Å²) in [6, 6.07) is -4.40. The smallest absolute Gasteiger partial charge is 0.472 e. The molecule has 0 bridgehead atoms. The number of ether oxygens (including phenoxy) is 10. The molecule has 4 aliphatic rings. The van der Waals surface area contributed by atoms with Crippen LogP contribution in [0.4, 0.5) is 0 Å². The molecule has 0 aromatic heterocycles. The molecule has 7 unspecified atom stereocenters. The number of amides is 2. The maximum atomic E-state index is 15.5. The first kappa shape index (κ1) is 126. The monoisotopic (exact) mass is 2030 g/mol. The summed E-state index contributed by atoms with van der Waals surface area (Å²) in [6.45, 7) is 5.12. The Balaban J connectivity index is 2.02. The second kappa shape index (κ2) is 70.6. The van der Waals surface area contributed by atoms with Crippen LogP contribution in [0.1, 0.15) is 394 Å². The number of rotatable bonds is 81.